The number of methoxy groups -OCH3 is 1. The normalized spacial score (nSPS) is 11.6. The minimum Gasteiger partial charge on any atom is -0.496 e. The van der Waals surface area contributed by atoms with Gasteiger partial charge in [0.15, 0.2) is 0 Å². The van der Waals surface area contributed by atoms with Crippen LogP contribution in [-0.4, -0.2) is 20.1 Å². The van der Waals surface area contributed by atoms with Gasteiger partial charge < -0.3 is 15.0 Å². The molecule has 2 aromatic carbocycles. The summed E-state index contributed by atoms with van der Waals surface area (Å²) in [7, 11) is 3.44. The largest absolute Gasteiger partial charge is 0.496 e. The van der Waals surface area contributed by atoms with Crippen LogP contribution in [-0.2, 0) is 4.79 Å². The topological polar surface area (TPSA) is 41.6 Å². The van der Waals surface area contributed by atoms with E-state index in [0.717, 1.165) is 22.7 Å². The summed E-state index contributed by atoms with van der Waals surface area (Å²) >= 11 is 0. The molecule has 0 unspecified atom stereocenters. The maximum Gasteiger partial charge on any atom is 0.223 e. The second-order valence-electron chi connectivity index (χ2n) is 5.24. The van der Waals surface area contributed by atoms with Crippen molar-refractivity contribution in [2.24, 2.45) is 0 Å². The van der Waals surface area contributed by atoms with Crippen LogP contribution in [0.1, 0.15) is 25.5 Å². The molecule has 116 valence electrons. The number of nitrogens with one attached hydrogen (secondary N) is 1. The number of nitrogens with zero attached hydrogens (tertiary/aromatic N) is 1. The Balaban J connectivity index is 2.20. The van der Waals surface area contributed by atoms with Crippen LogP contribution in [0.2, 0.25) is 0 Å². The Morgan fingerprint density at radius 3 is 2.59 bits per heavy atom. The van der Waals surface area contributed by atoms with Crippen molar-refractivity contribution >= 4 is 17.3 Å². The van der Waals surface area contributed by atoms with Gasteiger partial charge >= 0.3 is 0 Å². The number of rotatable bonds is 5. The molecule has 0 spiro atoms. The number of anilines is 2. The molecule has 1 N–H and O–H groups in total. The Hall–Kier alpha value is -2.49. The minimum absolute atomic E-state index is 0.00919. The predicted molar refractivity (Wildman–Crippen MR) is 90.6 cm³/mol. The molecule has 4 nitrogen and oxygen atoms in total. The summed E-state index contributed by atoms with van der Waals surface area (Å²) in [5.41, 5.74) is 2.92. The summed E-state index contributed by atoms with van der Waals surface area (Å²) in [5.74, 6) is 0.870. The van der Waals surface area contributed by atoms with E-state index >= 15 is 0 Å². The highest BCUT2D eigenvalue weighted by atomic mass is 16.5. The van der Waals surface area contributed by atoms with E-state index in [1.165, 1.54) is 0 Å². The number of ether oxygens (including phenoxy) is 1. The van der Waals surface area contributed by atoms with E-state index in [9.17, 15) is 4.79 Å². The lowest BCUT2D eigenvalue weighted by Gasteiger charge is -2.20. The number of benzene rings is 2. The molecule has 0 bridgehead atoms. The lowest BCUT2D eigenvalue weighted by molar-refractivity contribution is -0.116. The molecular weight excluding hydrogens is 276 g/mol. The number of hydrogen-bond acceptors (Lipinski definition) is 3. The lowest BCUT2D eigenvalue weighted by atomic mass is 10.1. The second-order valence-corrected chi connectivity index (χ2v) is 5.24. The zero-order valence-corrected chi connectivity index (χ0v) is 13.5. The van der Waals surface area contributed by atoms with Crippen LogP contribution in [0.25, 0.3) is 0 Å². The third-order valence-corrected chi connectivity index (χ3v) is 3.69. The van der Waals surface area contributed by atoms with Crippen molar-refractivity contribution in [2.75, 3.05) is 24.4 Å². The first-order valence-electron chi connectivity index (χ1n) is 7.26. The van der Waals surface area contributed by atoms with Crippen molar-refractivity contribution in [3.05, 3.63) is 54.1 Å². The van der Waals surface area contributed by atoms with E-state index < -0.39 is 0 Å². The third kappa shape index (κ3) is 3.58. The number of amides is 1. The summed E-state index contributed by atoms with van der Waals surface area (Å²) in [6, 6.07) is 15.8. The SMILES string of the molecule is COc1ccccc1[C@@H](C)Nc1cccc(N(C)C(C)=O)c1. The Labute approximate surface area is 131 Å². The minimum atomic E-state index is 0.00919. The molecule has 0 aromatic heterocycles. The molecule has 0 heterocycles. The van der Waals surface area contributed by atoms with Gasteiger partial charge in [0, 0.05) is 30.9 Å². The molecule has 2 rings (SSSR count). The predicted octanol–water partition coefficient (Wildman–Crippen LogP) is 3.85. The van der Waals surface area contributed by atoms with Gasteiger partial charge in [-0.25, -0.2) is 0 Å². The molecule has 0 saturated carbocycles. The second kappa shape index (κ2) is 6.98. The smallest absolute Gasteiger partial charge is 0.223 e. The average Bonchev–Trinajstić information content (AvgIpc) is 2.54. The van der Waals surface area contributed by atoms with E-state index in [1.54, 1.807) is 26.0 Å². The Kier molecular flexibility index (Phi) is 5.04. The highest BCUT2D eigenvalue weighted by Crippen LogP contribution is 2.28. The van der Waals surface area contributed by atoms with Gasteiger partial charge in [0.05, 0.1) is 13.2 Å². The van der Waals surface area contributed by atoms with Crippen molar-refractivity contribution < 1.29 is 9.53 Å². The van der Waals surface area contributed by atoms with Gasteiger partial charge in [-0.3, -0.25) is 4.79 Å². The Morgan fingerprint density at radius 2 is 1.91 bits per heavy atom. The summed E-state index contributed by atoms with van der Waals surface area (Å²) < 4.78 is 5.40. The van der Waals surface area contributed by atoms with E-state index in [2.05, 4.69) is 12.2 Å². The fourth-order valence-corrected chi connectivity index (χ4v) is 2.34. The molecule has 0 aliphatic rings. The molecule has 0 radical (unpaired) electrons. The van der Waals surface area contributed by atoms with Crippen LogP contribution in [0.5, 0.6) is 5.75 Å². The first-order valence-corrected chi connectivity index (χ1v) is 7.26. The molecule has 4 heteroatoms. The van der Waals surface area contributed by atoms with Gasteiger partial charge in [-0.05, 0) is 31.2 Å². The Morgan fingerprint density at radius 1 is 1.18 bits per heavy atom. The maximum atomic E-state index is 11.5. The number of carbonyl (C=O) groups excluding carboxylic acids is 1. The van der Waals surface area contributed by atoms with Crippen LogP contribution in [0.3, 0.4) is 0 Å². The van der Waals surface area contributed by atoms with Gasteiger partial charge in [-0.1, -0.05) is 24.3 Å². The van der Waals surface area contributed by atoms with Crippen LogP contribution in [0.15, 0.2) is 48.5 Å². The van der Waals surface area contributed by atoms with Crippen molar-refractivity contribution in [3.8, 4) is 5.75 Å². The van der Waals surface area contributed by atoms with Crippen LogP contribution < -0.4 is 15.0 Å². The molecule has 0 saturated heterocycles. The molecular formula is C18H22N2O2. The van der Waals surface area contributed by atoms with Gasteiger partial charge in [0.1, 0.15) is 5.75 Å². The van der Waals surface area contributed by atoms with Gasteiger partial charge in [0.2, 0.25) is 5.91 Å². The Bertz CT molecular complexity index is 655. The molecule has 0 aliphatic carbocycles. The van der Waals surface area contributed by atoms with E-state index in [1.807, 2.05) is 48.5 Å². The summed E-state index contributed by atoms with van der Waals surface area (Å²) in [4.78, 5) is 13.1. The first-order chi connectivity index (χ1) is 10.5. The number of carbonyl (C=O) groups is 1. The van der Waals surface area contributed by atoms with Gasteiger partial charge in [0.25, 0.3) is 0 Å². The molecule has 22 heavy (non-hydrogen) atoms. The molecule has 1 atom stereocenters. The van der Waals surface area contributed by atoms with Crippen molar-refractivity contribution in [1.82, 2.24) is 0 Å². The van der Waals surface area contributed by atoms with Gasteiger partial charge in [-0.15, -0.1) is 0 Å². The molecule has 2 aromatic rings. The van der Waals surface area contributed by atoms with E-state index in [-0.39, 0.29) is 11.9 Å². The zero-order chi connectivity index (χ0) is 16.1. The third-order valence-electron chi connectivity index (χ3n) is 3.69. The fourth-order valence-electron chi connectivity index (χ4n) is 2.34. The van der Waals surface area contributed by atoms with Crippen LogP contribution >= 0.6 is 0 Å². The number of hydrogen-bond donors (Lipinski definition) is 1. The summed E-state index contributed by atoms with van der Waals surface area (Å²) in [6.45, 7) is 3.64. The van der Waals surface area contributed by atoms with E-state index in [0.29, 0.717) is 0 Å². The van der Waals surface area contributed by atoms with Crippen LogP contribution in [0.4, 0.5) is 11.4 Å². The monoisotopic (exact) mass is 298 g/mol. The fraction of sp³-hybridized carbons (Fsp3) is 0.278. The van der Waals surface area contributed by atoms with Crippen molar-refractivity contribution in [1.29, 1.82) is 0 Å². The standard InChI is InChI=1S/C18H22N2O2/c1-13(17-10-5-6-11-18(17)22-4)19-15-8-7-9-16(12-15)20(3)14(2)21/h5-13,19H,1-4H3/t13-/m1/s1. The maximum absolute atomic E-state index is 11.5. The lowest BCUT2D eigenvalue weighted by Crippen LogP contribution is -2.22. The average molecular weight is 298 g/mol. The molecule has 0 fully saturated rings. The molecule has 0 aliphatic heterocycles. The van der Waals surface area contributed by atoms with Gasteiger partial charge in [-0.2, -0.15) is 0 Å². The molecule has 1 amide bonds. The quantitative estimate of drug-likeness (QED) is 0.911. The highest BCUT2D eigenvalue weighted by molar-refractivity contribution is 5.91. The van der Waals surface area contributed by atoms with Crippen LogP contribution in [0, 0.1) is 0 Å². The zero-order valence-electron chi connectivity index (χ0n) is 13.5. The summed E-state index contributed by atoms with van der Waals surface area (Å²) in [6.07, 6.45) is 0. The first kappa shape index (κ1) is 15.9. The summed E-state index contributed by atoms with van der Waals surface area (Å²) in [5, 5.41) is 3.45. The highest BCUT2D eigenvalue weighted by Gasteiger charge is 2.12. The van der Waals surface area contributed by atoms with Crippen molar-refractivity contribution in [3.63, 3.8) is 0 Å². The van der Waals surface area contributed by atoms with E-state index in [4.69, 9.17) is 4.74 Å². The van der Waals surface area contributed by atoms with Crippen molar-refractivity contribution in [2.45, 2.75) is 19.9 Å². The number of para-hydroxylation sites is 1.